The zero-order valence-corrected chi connectivity index (χ0v) is 17.4. The van der Waals surface area contributed by atoms with Crippen molar-refractivity contribution in [3.63, 3.8) is 0 Å². The largest absolute Gasteiger partial charge is 0.473 e. The minimum absolute atomic E-state index is 0.0323. The molecule has 1 heterocycles. The molecule has 1 amide bonds. The SMILES string of the molecule is Cc1ccc(-c2oc3ccccc3c(=O)c2OC(C)C(=O)NCc2ccccc2)cc1. The van der Waals surface area contributed by atoms with Crippen LogP contribution < -0.4 is 15.5 Å². The molecule has 3 aromatic carbocycles. The summed E-state index contributed by atoms with van der Waals surface area (Å²) in [6, 6.07) is 24.2. The fourth-order valence-corrected chi connectivity index (χ4v) is 3.29. The summed E-state index contributed by atoms with van der Waals surface area (Å²) in [5.41, 5.74) is 2.94. The summed E-state index contributed by atoms with van der Waals surface area (Å²) in [7, 11) is 0. The molecule has 0 bridgehead atoms. The van der Waals surface area contributed by atoms with Crippen LogP contribution in [0.4, 0.5) is 0 Å². The number of aryl methyl sites for hydroxylation is 1. The maximum absolute atomic E-state index is 13.2. The van der Waals surface area contributed by atoms with E-state index in [1.807, 2.05) is 67.6 Å². The van der Waals surface area contributed by atoms with Crippen LogP contribution in [0.25, 0.3) is 22.3 Å². The molecule has 5 heteroatoms. The summed E-state index contributed by atoms with van der Waals surface area (Å²) in [6.07, 6.45) is -0.878. The molecule has 1 aromatic heterocycles. The van der Waals surface area contributed by atoms with E-state index in [-0.39, 0.29) is 17.1 Å². The van der Waals surface area contributed by atoms with Crippen LogP contribution in [0.3, 0.4) is 0 Å². The quantitative estimate of drug-likeness (QED) is 0.491. The number of benzene rings is 3. The van der Waals surface area contributed by atoms with E-state index in [4.69, 9.17) is 9.15 Å². The lowest BCUT2D eigenvalue weighted by molar-refractivity contribution is -0.127. The van der Waals surface area contributed by atoms with Crippen LogP contribution in [0.1, 0.15) is 18.1 Å². The number of ether oxygens (including phenoxy) is 1. The number of amides is 1. The van der Waals surface area contributed by atoms with Crippen molar-refractivity contribution in [2.24, 2.45) is 0 Å². The average Bonchev–Trinajstić information content (AvgIpc) is 2.80. The molecule has 1 N–H and O–H groups in total. The van der Waals surface area contributed by atoms with E-state index in [2.05, 4.69) is 5.32 Å². The first-order valence-electron chi connectivity index (χ1n) is 10.1. The topological polar surface area (TPSA) is 68.5 Å². The summed E-state index contributed by atoms with van der Waals surface area (Å²) in [6.45, 7) is 3.98. The van der Waals surface area contributed by atoms with Crippen molar-refractivity contribution in [3.8, 4) is 17.1 Å². The number of nitrogens with one attached hydrogen (secondary N) is 1. The van der Waals surface area contributed by atoms with Crippen LogP contribution in [0.2, 0.25) is 0 Å². The Morgan fingerprint density at radius 1 is 0.968 bits per heavy atom. The number of fused-ring (bicyclic) bond motifs is 1. The maximum atomic E-state index is 13.2. The fourth-order valence-electron chi connectivity index (χ4n) is 3.29. The zero-order valence-electron chi connectivity index (χ0n) is 17.4. The van der Waals surface area contributed by atoms with Gasteiger partial charge in [0.05, 0.1) is 5.39 Å². The maximum Gasteiger partial charge on any atom is 0.261 e. The lowest BCUT2D eigenvalue weighted by Crippen LogP contribution is -2.36. The molecule has 0 aliphatic heterocycles. The summed E-state index contributed by atoms with van der Waals surface area (Å²) in [4.78, 5) is 25.8. The van der Waals surface area contributed by atoms with E-state index in [0.29, 0.717) is 28.8 Å². The summed E-state index contributed by atoms with van der Waals surface area (Å²) >= 11 is 0. The molecule has 0 aliphatic carbocycles. The molecule has 0 fully saturated rings. The number of hydrogen-bond acceptors (Lipinski definition) is 4. The van der Waals surface area contributed by atoms with Gasteiger partial charge in [0.25, 0.3) is 5.91 Å². The van der Waals surface area contributed by atoms with Crippen LogP contribution in [0, 0.1) is 6.92 Å². The second kappa shape index (κ2) is 8.88. The Labute approximate surface area is 180 Å². The predicted molar refractivity (Wildman–Crippen MR) is 121 cm³/mol. The number of hydrogen-bond donors (Lipinski definition) is 1. The third-order valence-corrected chi connectivity index (χ3v) is 5.04. The lowest BCUT2D eigenvalue weighted by Gasteiger charge is -2.17. The van der Waals surface area contributed by atoms with E-state index < -0.39 is 6.10 Å². The molecule has 4 aromatic rings. The molecule has 0 radical (unpaired) electrons. The normalized spacial score (nSPS) is 11.8. The van der Waals surface area contributed by atoms with E-state index in [1.165, 1.54) is 0 Å². The molecule has 0 spiro atoms. The van der Waals surface area contributed by atoms with Gasteiger partial charge in [0.15, 0.2) is 11.9 Å². The predicted octanol–water partition coefficient (Wildman–Crippen LogP) is 4.85. The monoisotopic (exact) mass is 413 g/mol. The van der Waals surface area contributed by atoms with Gasteiger partial charge >= 0.3 is 0 Å². The highest BCUT2D eigenvalue weighted by atomic mass is 16.5. The van der Waals surface area contributed by atoms with Gasteiger partial charge in [-0.05, 0) is 31.5 Å². The second-order valence-electron chi connectivity index (χ2n) is 7.42. The van der Waals surface area contributed by atoms with Crippen molar-refractivity contribution >= 4 is 16.9 Å². The third kappa shape index (κ3) is 4.51. The standard InChI is InChI=1S/C26H23NO4/c1-17-12-14-20(15-13-17)24-25(23(28)21-10-6-7-11-22(21)31-24)30-18(2)26(29)27-16-19-8-4-3-5-9-19/h3-15,18H,16H2,1-2H3,(H,27,29). The van der Waals surface area contributed by atoms with Crippen molar-refractivity contribution in [2.75, 3.05) is 0 Å². The highest BCUT2D eigenvalue weighted by molar-refractivity contribution is 5.83. The van der Waals surface area contributed by atoms with Crippen molar-refractivity contribution in [2.45, 2.75) is 26.5 Å². The molecule has 0 aliphatic rings. The first-order chi connectivity index (χ1) is 15.0. The first-order valence-corrected chi connectivity index (χ1v) is 10.1. The smallest absolute Gasteiger partial charge is 0.261 e. The van der Waals surface area contributed by atoms with E-state index in [0.717, 1.165) is 11.1 Å². The molecule has 0 saturated heterocycles. The third-order valence-electron chi connectivity index (χ3n) is 5.04. The van der Waals surface area contributed by atoms with Gasteiger partial charge in [-0.25, -0.2) is 0 Å². The molecule has 1 unspecified atom stereocenters. The van der Waals surface area contributed by atoms with E-state index in [9.17, 15) is 9.59 Å². The van der Waals surface area contributed by atoms with Gasteiger partial charge in [0, 0.05) is 12.1 Å². The molecule has 156 valence electrons. The number of carbonyl (C=O) groups is 1. The van der Waals surface area contributed by atoms with Crippen molar-refractivity contribution in [3.05, 3.63) is 100 Å². The summed E-state index contributed by atoms with van der Waals surface area (Å²) in [5, 5.41) is 3.25. The Bertz CT molecular complexity index is 1260. The summed E-state index contributed by atoms with van der Waals surface area (Å²) in [5.74, 6) is 0.0302. The van der Waals surface area contributed by atoms with Gasteiger partial charge in [0.1, 0.15) is 5.58 Å². The molecular weight excluding hydrogens is 390 g/mol. The van der Waals surface area contributed by atoms with Gasteiger partial charge in [0.2, 0.25) is 11.2 Å². The van der Waals surface area contributed by atoms with Crippen LogP contribution >= 0.6 is 0 Å². The van der Waals surface area contributed by atoms with Crippen molar-refractivity contribution < 1.29 is 13.9 Å². The van der Waals surface area contributed by atoms with Crippen molar-refractivity contribution in [1.29, 1.82) is 0 Å². The Kier molecular flexibility index (Phi) is 5.85. The van der Waals surface area contributed by atoms with Gasteiger partial charge < -0.3 is 14.5 Å². The minimum Gasteiger partial charge on any atom is -0.473 e. The molecule has 31 heavy (non-hydrogen) atoms. The van der Waals surface area contributed by atoms with Crippen LogP contribution in [0.15, 0.2) is 88.1 Å². The molecule has 1 atom stereocenters. The lowest BCUT2D eigenvalue weighted by atomic mass is 10.1. The van der Waals surface area contributed by atoms with E-state index >= 15 is 0 Å². The average molecular weight is 413 g/mol. The Morgan fingerprint density at radius 3 is 2.39 bits per heavy atom. The molecular formula is C26H23NO4. The number of rotatable bonds is 6. The molecule has 0 saturated carbocycles. The van der Waals surface area contributed by atoms with Gasteiger partial charge in [-0.3, -0.25) is 9.59 Å². The zero-order chi connectivity index (χ0) is 21.8. The Morgan fingerprint density at radius 2 is 1.65 bits per heavy atom. The highest BCUT2D eigenvalue weighted by Crippen LogP contribution is 2.31. The van der Waals surface area contributed by atoms with Crippen molar-refractivity contribution in [1.82, 2.24) is 5.32 Å². The first kappa shape index (κ1) is 20.4. The highest BCUT2D eigenvalue weighted by Gasteiger charge is 2.22. The van der Waals surface area contributed by atoms with Crippen LogP contribution in [-0.2, 0) is 11.3 Å². The van der Waals surface area contributed by atoms with Crippen LogP contribution in [-0.4, -0.2) is 12.0 Å². The van der Waals surface area contributed by atoms with Gasteiger partial charge in [-0.2, -0.15) is 0 Å². The van der Waals surface area contributed by atoms with Crippen LogP contribution in [0.5, 0.6) is 5.75 Å². The van der Waals surface area contributed by atoms with Gasteiger partial charge in [-0.15, -0.1) is 0 Å². The Balaban J connectivity index is 1.66. The second-order valence-corrected chi connectivity index (χ2v) is 7.42. The van der Waals surface area contributed by atoms with E-state index in [1.54, 1.807) is 25.1 Å². The summed E-state index contributed by atoms with van der Waals surface area (Å²) < 4.78 is 12.0. The number of carbonyl (C=O) groups excluding carboxylic acids is 1. The number of para-hydroxylation sites is 1. The van der Waals surface area contributed by atoms with Gasteiger partial charge in [-0.1, -0.05) is 72.3 Å². The minimum atomic E-state index is -0.878. The fraction of sp³-hybridized carbons (Fsp3) is 0.154. The molecule has 5 nitrogen and oxygen atoms in total. The molecule has 4 rings (SSSR count). The Hall–Kier alpha value is -3.86.